The molecule has 2 nitrogen and oxygen atoms in total. The number of nitrogens with zero attached hydrogens (tertiary/aromatic N) is 2. The number of aryl methyl sites for hydroxylation is 4. The molecule has 0 radical (unpaired) electrons. The molecule has 0 aliphatic rings. The van der Waals surface area contributed by atoms with Crippen LogP contribution < -0.4 is 0 Å². The average Bonchev–Trinajstić information content (AvgIpc) is 2.51. The van der Waals surface area contributed by atoms with E-state index in [1.807, 2.05) is 31.5 Å². The van der Waals surface area contributed by atoms with Gasteiger partial charge in [0.05, 0.1) is 5.52 Å². The van der Waals surface area contributed by atoms with E-state index in [-0.39, 0.29) is 0 Å². The molecule has 1 aromatic carbocycles. The second kappa shape index (κ2) is 6.69. The molecule has 0 atom stereocenters. The van der Waals surface area contributed by atoms with Gasteiger partial charge in [-0.3, -0.25) is 9.97 Å². The molecule has 0 unspecified atom stereocenters. The molecule has 0 spiro atoms. The third-order valence-electron chi connectivity index (χ3n) is 4.45. The summed E-state index contributed by atoms with van der Waals surface area (Å²) in [5, 5.41) is 1.24. The van der Waals surface area contributed by atoms with Gasteiger partial charge < -0.3 is 0 Å². The molecule has 0 aliphatic heterocycles. The Balaban J connectivity index is 0.000000172. The van der Waals surface area contributed by atoms with Crippen molar-refractivity contribution in [3.05, 3.63) is 70.2 Å². The lowest BCUT2D eigenvalue weighted by molar-refractivity contribution is 1.12. The molecule has 3 aromatic rings. The maximum Gasteiger partial charge on any atom is 0.0733 e. The summed E-state index contributed by atoms with van der Waals surface area (Å²) in [5.41, 5.74) is 8.89. The lowest BCUT2D eigenvalue weighted by atomic mass is 10.0. The summed E-state index contributed by atoms with van der Waals surface area (Å²) in [6.07, 6.45) is 3.70. The van der Waals surface area contributed by atoms with Crippen LogP contribution in [-0.2, 0) is 0 Å². The van der Waals surface area contributed by atoms with Crippen molar-refractivity contribution < 1.29 is 0 Å². The highest BCUT2D eigenvalue weighted by atomic mass is 14.7. The molecule has 0 saturated carbocycles. The Morgan fingerprint density at radius 2 is 1.41 bits per heavy atom. The van der Waals surface area contributed by atoms with Crippen molar-refractivity contribution in [1.29, 1.82) is 0 Å². The van der Waals surface area contributed by atoms with Gasteiger partial charge in [-0.2, -0.15) is 0 Å². The predicted octanol–water partition coefficient (Wildman–Crippen LogP) is 5.17. The van der Waals surface area contributed by atoms with Gasteiger partial charge in [0.2, 0.25) is 0 Å². The van der Waals surface area contributed by atoms with Gasteiger partial charge in [-0.1, -0.05) is 6.07 Å². The smallest absolute Gasteiger partial charge is 0.0733 e. The van der Waals surface area contributed by atoms with Gasteiger partial charge in [0.1, 0.15) is 0 Å². The minimum Gasteiger partial charge on any atom is -0.261 e. The van der Waals surface area contributed by atoms with Crippen molar-refractivity contribution in [3.8, 4) is 0 Å². The lowest BCUT2D eigenvalue weighted by Gasteiger charge is -2.07. The third-order valence-corrected chi connectivity index (χ3v) is 4.45. The van der Waals surface area contributed by atoms with E-state index < -0.39 is 0 Å². The van der Waals surface area contributed by atoms with E-state index in [0.717, 1.165) is 11.2 Å². The SMILES string of the molecule is Cc1cc2cccnc2c(C)c1C.Cc1ccnc(C)c1C. The van der Waals surface area contributed by atoms with Gasteiger partial charge in [0, 0.05) is 23.5 Å². The summed E-state index contributed by atoms with van der Waals surface area (Å²) in [5.74, 6) is 0. The molecular weight excluding hydrogens is 268 g/mol. The monoisotopic (exact) mass is 292 g/mol. The van der Waals surface area contributed by atoms with Crippen LogP contribution in [0.3, 0.4) is 0 Å². The van der Waals surface area contributed by atoms with E-state index in [1.165, 1.54) is 33.2 Å². The van der Waals surface area contributed by atoms with Crippen LogP contribution in [0.25, 0.3) is 10.9 Å². The Morgan fingerprint density at radius 3 is 2.05 bits per heavy atom. The molecule has 0 bridgehead atoms. The number of pyridine rings is 2. The second-order valence-electron chi connectivity index (χ2n) is 5.86. The largest absolute Gasteiger partial charge is 0.261 e. The molecular formula is C20H24N2. The first-order valence-electron chi connectivity index (χ1n) is 7.62. The van der Waals surface area contributed by atoms with Gasteiger partial charge in [0.15, 0.2) is 0 Å². The first-order chi connectivity index (χ1) is 10.4. The van der Waals surface area contributed by atoms with Crippen molar-refractivity contribution in [2.75, 3.05) is 0 Å². The van der Waals surface area contributed by atoms with Crippen LogP contribution >= 0.6 is 0 Å². The third kappa shape index (κ3) is 3.33. The molecule has 0 fully saturated rings. The van der Waals surface area contributed by atoms with Gasteiger partial charge in [0.25, 0.3) is 0 Å². The fraction of sp³-hybridized carbons (Fsp3) is 0.300. The van der Waals surface area contributed by atoms with E-state index in [9.17, 15) is 0 Å². The fourth-order valence-corrected chi connectivity index (χ4v) is 2.43. The van der Waals surface area contributed by atoms with E-state index >= 15 is 0 Å². The Labute approximate surface area is 133 Å². The maximum atomic E-state index is 4.38. The number of benzene rings is 1. The van der Waals surface area contributed by atoms with Crippen molar-refractivity contribution >= 4 is 10.9 Å². The lowest BCUT2D eigenvalue weighted by Crippen LogP contribution is -1.90. The zero-order chi connectivity index (χ0) is 16.3. The molecule has 22 heavy (non-hydrogen) atoms. The molecule has 0 saturated heterocycles. The molecule has 114 valence electrons. The Bertz CT molecular complexity index is 784. The number of hydrogen-bond acceptors (Lipinski definition) is 2. The molecule has 0 aliphatic carbocycles. The topological polar surface area (TPSA) is 25.8 Å². The van der Waals surface area contributed by atoms with Gasteiger partial charge in [-0.25, -0.2) is 0 Å². The number of rotatable bonds is 0. The van der Waals surface area contributed by atoms with Crippen LogP contribution in [-0.4, -0.2) is 9.97 Å². The van der Waals surface area contributed by atoms with Crippen molar-refractivity contribution in [1.82, 2.24) is 9.97 Å². The molecule has 0 amide bonds. The first-order valence-corrected chi connectivity index (χ1v) is 7.62. The summed E-state index contributed by atoms with van der Waals surface area (Å²) in [6, 6.07) is 8.32. The Kier molecular flexibility index (Phi) is 4.92. The maximum absolute atomic E-state index is 4.38. The van der Waals surface area contributed by atoms with Gasteiger partial charge in [-0.05, 0) is 87.6 Å². The second-order valence-corrected chi connectivity index (χ2v) is 5.86. The molecule has 0 N–H and O–H groups in total. The average molecular weight is 292 g/mol. The minimum atomic E-state index is 1.13. The number of aromatic nitrogens is 2. The van der Waals surface area contributed by atoms with Crippen LogP contribution in [0.1, 0.15) is 33.5 Å². The van der Waals surface area contributed by atoms with Crippen LogP contribution in [0.15, 0.2) is 36.7 Å². The summed E-state index contributed by atoms with van der Waals surface area (Å²) in [4.78, 5) is 8.52. The van der Waals surface area contributed by atoms with Gasteiger partial charge >= 0.3 is 0 Å². The van der Waals surface area contributed by atoms with Crippen LogP contribution in [0.5, 0.6) is 0 Å². The van der Waals surface area contributed by atoms with Crippen LogP contribution in [0.2, 0.25) is 0 Å². The minimum absolute atomic E-state index is 1.13. The highest BCUT2D eigenvalue weighted by Gasteiger charge is 2.03. The van der Waals surface area contributed by atoms with Crippen LogP contribution in [0.4, 0.5) is 0 Å². The van der Waals surface area contributed by atoms with E-state index in [1.54, 1.807) is 0 Å². The predicted molar refractivity (Wildman–Crippen MR) is 94.4 cm³/mol. The standard InChI is InChI=1S/C12H13N.C8H11N/c1-8-7-11-5-4-6-13-12(11)10(3)9(8)2;1-6-4-5-9-8(3)7(6)2/h4-7H,1-3H3;4-5H,1-3H3. The summed E-state index contributed by atoms with van der Waals surface area (Å²) >= 11 is 0. The molecule has 2 aromatic heterocycles. The zero-order valence-electron chi connectivity index (χ0n) is 14.4. The normalized spacial score (nSPS) is 10.3. The number of hydrogen-bond donors (Lipinski definition) is 0. The summed E-state index contributed by atoms with van der Waals surface area (Å²) in [7, 11) is 0. The van der Waals surface area contributed by atoms with Crippen LogP contribution in [0, 0.1) is 41.5 Å². The highest BCUT2D eigenvalue weighted by molar-refractivity contribution is 5.83. The summed E-state index contributed by atoms with van der Waals surface area (Å²) < 4.78 is 0. The highest BCUT2D eigenvalue weighted by Crippen LogP contribution is 2.22. The quantitative estimate of drug-likeness (QED) is 0.571. The molecule has 3 rings (SSSR count). The van der Waals surface area contributed by atoms with E-state index in [4.69, 9.17) is 0 Å². The van der Waals surface area contributed by atoms with Gasteiger partial charge in [-0.15, -0.1) is 0 Å². The summed E-state index contributed by atoms with van der Waals surface area (Å²) in [6.45, 7) is 12.7. The Morgan fingerprint density at radius 1 is 0.682 bits per heavy atom. The fourth-order valence-electron chi connectivity index (χ4n) is 2.43. The number of fused-ring (bicyclic) bond motifs is 1. The first kappa shape index (κ1) is 16.2. The van der Waals surface area contributed by atoms with E-state index in [2.05, 4.69) is 56.7 Å². The van der Waals surface area contributed by atoms with Crippen molar-refractivity contribution in [2.45, 2.75) is 41.5 Å². The van der Waals surface area contributed by atoms with E-state index in [0.29, 0.717) is 0 Å². The zero-order valence-corrected chi connectivity index (χ0v) is 14.4. The molecule has 2 heterocycles. The van der Waals surface area contributed by atoms with Crippen molar-refractivity contribution in [2.24, 2.45) is 0 Å². The molecule has 2 heteroatoms. The Hall–Kier alpha value is -2.22. The van der Waals surface area contributed by atoms with Crippen molar-refractivity contribution in [3.63, 3.8) is 0 Å².